The molecule has 0 radical (unpaired) electrons. The monoisotopic (exact) mass is 447 g/mol. The van der Waals surface area contributed by atoms with Gasteiger partial charge in [0, 0.05) is 11.5 Å². The summed E-state index contributed by atoms with van der Waals surface area (Å²) >= 11 is 0. The van der Waals surface area contributed by atoms with Crippen LogP contribution in [0.25, 0.3) is 22.4 Å². The predicted octanol–water partition coefficient (Wildman–Crippen LogP) is 3.77. The third-order valence-corrected chi connectivity index (χ3v) is 7.71. The molecule has 3 aromatic carbocycles. The van der Waals surface area contributed by atoms with Crippen LogP contribution in [0.1, 0.15) is 18.4 Å². The van der Waals surface area contributed by atoms with E-state index in [1.54, 1.807) is 13.0 Å². The van der Waals surface area contributed by atoms with Crippen LogP contribution in [-0.4, -0.2) is 35.0 Å². The van der Waals surface area contributed by atoms with Crippen LogP contribution in [0.5, 0.6) is 0 Å². The molecular formula is C24H21N3O4S. The van der Waals surface area contributed by atoms with E-state index in [1.807, 2.05) is 60.7 Å². The molecule has 8 heteroatoms. The molecule has 3 atom stereocenters. The Morgan fingerprint density at radius 1 is 1.03 bits per heavy atom. The number of aliphatic carboxylic acids is 1. The summed E-state index contributed by atoms with van der Waals surface area (Å²) in [6.07, 6.45) is 0. The fourth-order valence-electron chi connectivity index (χ4n) is 4.47. The maximum absolute atomic E-state index is 13.2. The predicted molar refractivity (Wildman–Crippen MR) is 121 cm³/mol. The summed E-state index contributed by atoms with van der Waals surface area (Å²) in [4.78, 5) is 19.9. The van der Waals surface area contributed by atoms with Crippen LogP contribution in [0, 0.1) is 5.92 Å². The van der Waals surface area contributed by atoms with Crippen molar-refractivity contribution in [2.24, 2.45) is 5.92 Å². The second kappa shape index (κ2) is 7.29. The van der Waals surface area contributed by atoms with Crippen LogP contribution in [0.3, 0.4) is 0 Å². The highest BCUT2D eigenvalue weighted by atomic mass is 32.2. The fourth-order valence-corrected chi connectivity index (χ4v) is 5.95. The van der Waals surface area contributed by atoms with Crippen LogP contribution in [0.2, 0.25) is 0 Å². The van der Waals surface area contributed by atoms with E-state index < -0.39 is 33.4 Å². The van der Waals surface area contributed by atoms with Crippen LogP contribution in [-0.2, 0) is 14.8 Å². The highest BCUT2D eigenvalue weighted by molar-refractivity contribution is 7.89. The third kappa shape index (κ3) is 3.19. The first-order valence-corrected chi connectivity index (χ1v) is 11.7. The lowest BCUT2D eigenvalue weighted by Crippen LogP contribution is -2.45. The van der Waals surface area contributed by atoms with Crippen LogP contribution in [0.15, 0.2) is 83.8 Å². The van der Waals surface area contributed by atoms with Crippen molar-refractivity contribution in [1.82, 2.24) is 14.7 Å². The van der Waals surface area contributed by atoms with Crippen molar-refractivity contribution < 1.29 is 18.3 Å². The molecule has 7 nitrogen and oxygen atoms in total. The van der Waals surface area contributed by atoms with Gasteiger partial charge in [0.25, 0.3) is 0 Å². The number of hydrogen-bond acceptors (Lipinski definition) is 4. The van der Waals surface area contributed by atoms with Gasteiger partial charge in [0.1, 0.15) is 11.4 Å². The largest absolute Gasteiger partial charge is 0.480 e. The Morgan fingerprint density at radius 3 is 2.34 bits per heavy atom. The van der Waals surface area contributed by atoms with Crippen molar-refractivity contribution >= 4 is 27.0 Å². The molecule has 1 unspecified atom stereocenters. The molecule has 0 aliphatic heterocycles. The topological polar surface area (TPSA) is 112 Å². The number of nitrogens with zero attached hydrogens (tertiary/aromatic N) is 1. The summed E-state index contributed by atoms with van der Waals surface area (Å²) in [7, 11) is -4.10. The minimum Gasteiger partial charge on any atom is -0.480 e. The Hall–Kier alpha value is -3.49. The molecule has 1 heterocycles. The van der Waals surface area contributed by atoms with Gasteiger partial charge in [0.15, 0.2) is 0 Å². The minimum atomic E-state index is -4.10. The Morgan fingerprint density at radius 2 is 1.69 bits per heavy atom. The van der Waals surface area contributed by atoms with Gasteiger partial charge in [-0.3, -0.25) is 4.79 Å². The average molecular weight is 448 g/mol. The van der Waals surface area contributed by atoms with Gasteiger partial charge in [0.2, 0.25) is 10.0 Å². The van der Waals surface area contributed by atoms with Gasteiger partial charge in [-0.25, -0.2) is 13.4 Å². The molecule has 1 saturated carbocycles. The van der Waals surface area contributed by atoms with Crippen molar-refractivity contribution in [3.8, 4) is 11.4 Å². The molecule has 0 amide bonds. The van der Waals surface area contributed by atoms with Gasteiger partial charge in [-0.15, -0.1) is 0 Å². The maximum Gasteiger partial charge on any atom is 0.325 e. The molecule has 1 aliphatic rings. The number of rotatable bonds is 6. The quantitative estimate of drug-likeness (QED) is 0.417. The zero-order valence-corrected chi connectivity index (χ0v) is 18.0. The average Bonchev–Trinajstić information content (AvgIpc) is 3.17. The van der Waals surface area contributed by atoms with Crippen molar-refractivity contribution in [3.05, 3.63) is 84.4 Å². The van der Waals surface area contributed by atoms with E-state index >= 15 is 0 Å². The molecule has 3 N–H and O–H groups in total. The fraction of sp³-hybridized carbons (Fsp3) is 0.167. The molecule has 4 aromatic rings. The van der Waals surface area contributed by atoms with Crippen molar-refractivity contribution in [2.75, 3.05) is 0 Å². The number of benzene rings is 3. The van der Waals surface area contributed by atoms with Gasteiger partial charge in [-0.05, 0) is 29.7 Å². The highest BCUT2D eigenvalue weighted by Crippen LogP contribution is 2.58. The number of H-pyrrole nitrogens is 1. The van der Waals surface area contributed by atoms with E-state index in [9.17, 15) is 18.3 Å². The van der Waals surface area contributed by atoms with E-state index in [0.29, 0.717) is 16.9 Å². The summed E-state index contributed by atoms with van der Waals surface area (Å²) in [5.41, 5.74) is 1.27. The lowest BCUT2D eigenvalue weighted by molar-refractivity contribution is -0.140. The molecule has 0 saturated heterocycles. The van der Waals surface area contributed by atoms with Gasteiger partial charge in [0.05, 0.1) is 15.9 Å². The molecule has 162 valence electrons. The number of carboxylic acid groups (broad SMARTS) is 1. The zero-order chi connectivity index (χ0) is 22.5. The van der Waals surface area contributed by atoms with Crippen LogP contribution >= 0.6 is 0 Å². The first kappa shape index (κ1) is 20.4. The molecule has 0 spiro atoms. The molecular weight excluding hydrogens is 426 g/mol. The summed E-state index contributed by atoms with van der Waals surface area (Å²) < 4.78 is 29.0. The SMILES string of the molecule is CC1[C@H](c2ccccc2)[C@]1(NS(=O)(=O)c1ccc2nc(-c3ccccc3)[nH]c2c1)C(=O)O. The minimum absolute atomic E-state index is 0.0141. The Kier molecular flexibility index (Phi) is 4.65. The number of aromatic nitrogens is 2. The number of aromatic amines is 1. The van der Waals surface area contributed by atoms with Gasteiger partial charge in [-0.2, -0.15) is 4.72 Å². The van der Waals surface area contributed by atoms with E-state index in [-0.39, 0.29) is 4.90 Å². The second-order valence-corrected chi connectivity index (χ2v) is 9.77. The standard InChI is InChI=1S/C24H21N3O4S/c1-15-21(16-8-4-2-5-9-16)24(15,23(28)29)27-32(30,31)18-12-13-19-20(14-18)26-22(25-19)17-10-6-3-7-11-17/h2-15,21,27H,1H3,(H,25,26)(H,28,29)/t15?,21-,24+/m1/s1. The summed E-state index contributed by atoms with van der Waals surface area (Å²) in [6.45, 7) is 1.75. The number of carbonyl (C=O) groups is 1. The number of sulfonamides is 1. The number of hydrogen-bond donors (Lipinski definition) is 3. The number of imidazole rings is 1. The van der Waals surface area contributed by atoms with Gasteiger partial charge in [-0.1, -0.05) is 67.6 Å². The lowest BCUT2D eigenvalue weighted by atomic mass is 10.1. The highest BCUT2D eigenvalue weighted by Gasteiger charge is 2.70. The van der Waals surface area contributed by atoms with E-state index in [2.05, 4.69) is 14.7 Å². The van der Waals surface area contributed by atoms with E-state index in [1.165, 1.54) is 12.1 Å². The summed E-state index contributed by atoms with van der Waals surface area (Å²) in [5.74, 6) is -1.39. The smallest absolute Gasteiger partial charge is 0.325 e. The number of carboxylic acids is 1. The molecule has 1 aromatic heterocycles. The van der Waals surface area contributed by atoms with Gasteiger partial charge >= 0.3 is 5.97 Å². The second-order valence-electron chi connectivity index (χ2n) is 8.09. The Balaban J connectivity index is 1.49. The maximum atomic E-state index is 13.2. The van der Waals surface area contributed by atoms with E-state index in [4.69, 9.17) is 0 Å². The number of nitrogens with one attached hydrogen (secondary N) is 2. The first-order chi connectivity index (χ1) is 15.3. The number of fused-ring (bicyclic) bond motifs is 1. The Labute approximate surface area is 185 Å². The Bertz CT molecular complexity index is 1420. The molecule has 1 fully saturated rings. The molecule has 32 heavy (non-hydrogen) atoms. The molecule has 1 aliphatic carbocycles. The van der Waals surface area contributed by atoms with E-state index in [0.717, 1.165) is 11.1 Å². The van der Waals surface area contributed by atoms with Crippen LogP contribution in [0.4, 0.5) is 0 Å². The third-order valence-electron chi connectivity index (χ3n) is 6.23. The van der Waals surface area contributed by atoms with Gasteiger partial charge < -0.3 is 10.1 Å². The summed E-state index contributed by atoms with van der Waals surface area (Å²) in [5, 5.41) is 9.97. The first-order valence-electron chi connectivity index (χ1n) is 10.2. The normalized spacial score (nSPS) is 22.7. The van der Waals surface area contributed by atoms with Crippen molar-refractivity contribution in [2.45, 2.75) is 23.3 Å². The van der Waals surface area contributed by atoms with Crippen molar-refractivity contribution in [3.63, 3.8) is 0 Å². The molecule has 5 rings (SSSR count). The zero-order valence-electron chi connectivity index (χ0n) is 17.2. The van der Waals surface area contributed by atoms with Crippen molar-refractivity contribution in [1.29, 1.82) is 0 Å². The van der Waals surface area contributed by atoms with Crippen LogP contribution < -0.4 is 4.72 Å². The molecule has 0 bridgehead atoms. The lowest BCUT2D eigenvalue weighted by Gasteiger charge is -2.16. The summed E-state index contributed by atoms with van der Waals surface area (Å²) in [6, 6.07) is 23.2.